The van der Waals surface area contributed by atoms with E-state index in [1.54, 1.807) is 0 Å². The van der Waals surface area contributed by atoms with Crippen LogP contribution < -0.4 is 5.32 Å². The number of benzene rings is 1. The zero-order valence-corrected chi connectivity index (χ0v) is 8.52. The smallest absolute Gasteiger partial charge is 0.0941 e. The first-order valence-corrected chi connectivity index (χ1v) is 4.45. The summed E-state index contributed by atoms with van der Waals surface area (Å²) in [6.45, 7) is 2.00. The van der Waals surface area contributed by atoms with Crippen LogP contribution in [0.5, 0.6) is 0 Å². The molecule has 1 aromatic carbocycles. The molecule has 68 valence electrons. The first-order valence-electron chi connectivity index (χ1n) is 4.08. The van der Waals surface area contributed by atoms with Gasteiger partial charge in [0.05, 0.1) is 6.04 Å². The zero-order chi connectivity index (χ0) is 9.84. The number of hydrogen-bond acceptors (Lipinski definition) is 1. The summed E-state index contributed by atoms with van der Waals surface area (Å²) >= 11 is 5.91. The number of terminal acetylenes is 1. The van der Waals surface area contributed by atoms with E-state index >= 15 is 0 Å². The first kappa shape index (κ1) is 10.1. The lowest BCUT2D eigenvalue weighted by Gasteiger charge is -2.10. The van der Waals surface area contributed by atoms with Crippen LogP contribution in [0.2, 0.25) is 5.02 Å². The van der Waals surface area contributed by atoms with Crippen molar-refractivity contribution in [2.24, 2.45) is 0 Å². The first-order chi connectivity index (χ1) is 6.17. The van der Waals surface area contributed by atoms with Crippen molar-refractivity contribution < 1.29 is 0 Å². The van der Waals surface area contributed by atoms with Gasteiger partial charge >= 0.3 is 0 Å². The summed E-state index contributed by atoms with van der Waals surface area (Å²) in [5.41, 5.74) is 2.16. The molecular formula is C11H12ClN. The Kier molecular flexibility index (Phi) is 3.36. The summed E-state index contributed by atoms with van der Waals surface area (Å²) in [4.78, 5) is 0. The molecule has 1 rings (SSSR count). The molecule has 1 aromatic rings. The molecule has 1 atom stereocenters. The lowest BCUT2D eigenvalue weighted by Crippen LogP contribution is -2.14. The summed E-state index contributed by atoms with van der Waals surface area (Å²) in [5.74, 6) is 2.65. The molecule has 0 amide bonds. The van der Waals surface area contributed by atoms with Crippen LogP contribution in [0.25, 0.3) is 0 Å². The van der Waals surface area contributed by atoms with Crippen LogP contribution in [0.1, 0.15) is 17.2 Å². The lowest BCUT2D eigenvalue weighted by molar-refractivity contribution is 0.736. The van der Waals surface area contributed by atoms with Gasteiger partial charge in [0.15, 0.2) is 0 Å². The Labute approximate surface area is 84.1 Å². The Bertz CT molecular complexity index is 318. The van der Waals surface area contributed by atoms with Crippen LogP contribution in [0, 0.1) is 19.3 Å². The maximum Gasteiger partial charge on any atom is 0.0941 e. The molecule has 2 heteroatoms. The van der Waals surface area contributed by atoms with E-state index in [9.17, 15) is 0 Å². The van der Waals surface area contributed by atoms with Gasteiger partial charge in [-0.25, -0.2) is 0 Å². The van der Waals surface area contributed by atoms with Crippen LogP contribution in [0.3, 0.4) is 0 Å². The van der Waals surface area contributed by atoms with Crippen LogP contribution in [0.15, 0.2) is 18.2 Å². The van der Waals surface area contributed by atoms with Crippen LogP contribution in [-0.2, 0) is 0 Å². The van der Waals surface area contributed by atoms with Crippen molar-refractivity contribution in [3.05, 3.63) is 34.3 Å². The predicted octanol–water partition coefficient (Wildman–Crippen LogP) is 2.54. The van der Waals surface area contributed by atoms with E-state index in [4.69, 9.17) is 18.0 Å². The molecule has 0 radical (unpaired) electrons. The Morgan fingerprint density at radius 2 is 2.15 bits per heavy atom. The van der Waals surface area contributed by atoms with E-state index < -0.39 is 0 Å². The number of nitrogens with one attached hydrogen (secondary N) is 1. The summed E-state index contributed by atoms with van der Waals surface area (Å²) in [6.07, 6.45) is 5.36. The molecule has 0 spiro atoms. The average molecular weight is 194 g/mol. The molecule has 0 saturated carbocycles. The second-order valence-electron chi connectivity index (χ2n) is 2.95. The van der Waals surface area contributed by atoms with Crippen molar-refractivity contribution in [1.82, 2.24) is 5.32 Å². The molecule has 13 heavy (non-hydrogen) atoms. The molecule has 0 saturated heterocycles. The maximum absolute atomic E-state index is 5.91. The predicted molar refractivity (Wildman–Crippen MR) is 56.8 cm³/mol. The van der Waals surface area contributed by atoms with Crippen molar-refractivity contribution >= 4 is 11.6 Å². The highest BCUT2D eigenvalue weighted by Gasteiger charge is 2.05. The van der Waals surface area contributed by atoms with Crippen molar-refractivity contribution in [1.29, 1.82) is 0 Å². The topological polar surface area (TPSA) is 12.0 Å². The molecule has 0 aromatic heterocycles. The van der Waals surface area contributed by atoms with Gasteiger partial charge < -0.3 is 5.32 Å². The number of halogens is 1. The van der Waals surface area contributed by atoms with Gasteiger partial charge in [-0.15, -0.1) is 6.42 Å². The highest BCUT2D eigenvalue weighted by Crippen LogP contribution is 2.19. The fourth-order valence-corrected chi connectivity index (χ4v) is 1.58. The van der Waals surface area contributed by atoms with Crippen LogP contribution in [0.4, 0.5) is 0 Å². The summed E-state index contributed by atoms with van der Waals surface area (Å²) in [6, 6.07) is 5.77. The number of aryl methyl sites for hydroxylation is 1. The molecular weight excluding hydrogens is 182 g/mol. The minimum atomic E-state index is -0.0580. The standard InChI is InChI=1S/C11H12ClN/c1-4-11(13-3)9-5-8(2)6-10(12)7-9/h1,5-7,11,13H,2-3H3. The molecule has 0 aliphatic heterocycles. The van der Waals surface area contributed by atoms with Crippen molar-refractivity contribution in [2.45, 2.75) is 13.0 Å². The van der Waals surface area contributed by atoms with Gasteiger partial charge in [-0.2, -0.15) is 0 Å². The maximum atomic E-state index is 5.91. The second kappa shape index (κ2) is 4.32. The van der Waals surface area contributed by atoms with Gasteiger partial charge in [-0.05, 0) is 37.2 Å². The third-order valence-corrected chi connectivity index (χ3v) is 2.07. The third-order valence-electron chi connectivity index (χ3n) is 1.85. The normalized spacial score (nSPS) is 12.2. The largest absolute Gasteiger partial charge is 0.303 e. The highest BCUT2D eigenvalue weighted by molar-refractivity contribution is 6.30. The van der Waals surface area contributed by atoms with Gasteiger partial charge in [0, 0.05) is 5.02 Å². The van der Waals surface area contributed by atoms with Crippen molar-refractivity contribution in [2.75, 3.05) is 7.05 Å². The second-order valence-corrected chi connectivity index (χ2v) is 3.39. The van der Waals surface area contributed by atoms with E-state index in [-0.39, 0.29) is 6.04 Å². The van der Waals surface area contributed by atoms with Crippen LogP contribution >= 0.6 is 11.6 Å². The molecule has 0 aliphatic rings. The monoisotopic (exact) mass is 193 g/mol. The summed E-state index contributed by atoms with van der Waals surface area (Å²) in [7, 11) is 1.83. The number of hydrogen-bond donors (Lipinski definition) is 1. The van der Waals surface area contributed by atoms with E-state index in [0.717, 1.165) is 16.1 Å². The zero-order valence-electron chi connectivity index (χ0n) is 7.76. The Balaban J connectivity index is 3.08. The molecule has 0 bridgehead atoms. The van der Waals surface area contributed by atoms with Crippen molar-refractivity contribution in [3.8, 4) is 12.3 Å². The van der Waals surface area contributed by atoms with Crippen LogP contribution in [-0.4, -0.2) is 7.05 Å². The molecule has 1 unspecified atom stereocenters. The SMILES string of the molecule is C#CC(NC)c1cc(C)cc(Cl)c1. The fraction of sp³-hybridized carbons (Fsp3) is 0.273. The van der Waals surface area contributed by atoms with Gasteiger partial charge in [-0.3, -0.25) is 0 Å². The van der Waals surface area contributed by atoms with Gasteiger partial charge in [0.1, 0.15) is 0 Å². The molecule has 0 fully saturated rings. The average Bonchev–Trinajstić information content (AvgIpc) is 2.04. The minimum absolute atomic E-state index is 0.0580. The Morgan fingerprint density at radius 1 is 1.46 bits per heavy atom. The Morgan fingerprint density at radius 3 is 2.62 bits per heavy atom. The van der Waals surface area contributed by atoms with Gasteiger partial charge in [-0.1, -0.05) is 23.6 Å². The summed E-state index contributed by atoms with van der Waals surface area (Å²) < 4.78 is 0. The number of rotatable bonds is 2. The van der Waals surface area contributed by atoms with Gasteiger partial charge in [0.25, 0.3) is 0 Å². The minimum Gasteiger partial charge on any atom is -0.303 e. The summed E-state index contributed by atoms with van der Waals surface area (Å²) in [5, 5.41) is 3.76. The third kappa shape index (κ3) is 2.48. The molecule has 1 nitrogen and oxygen atoms in total. The van der Waals surface area contributed by atoms with Crippen molar-refractivity contribution in [3.63, 3.8) is 0 Å². The Hall–Kier alpha value is -0.970. The van der Waals surface area contributed by atoms with Gasteiger partial charge in [0.2, 0.25) is 0 Å². The lowest BCUT2D eigenvalue weighted by atomic mass is 10.1. The van der Waals surface area contributed by atoms with E-state index in [1.807, 2.05) is 32.2 Å². The fourth-order valence-electron chi connectivity index (χ4n) is 1.28. The quantitative estimate of drug-likeness (QED) is 0.712. The molecule has 1 N–H and O–H groups in total. The van der Waals surface area contributed by atoms with E-state index in [1.165, 1.54) is 0 Å². The molecule has 0 heterocycles. The van der Waals surface area contributed by atoms with E-state index in [2.05, 4.69) is 11.2 Å². The molecule has 0 aliphatic carbocycles. The highest BCUT2D eigenvalue weighted by atomic mass is 35.5. The van der Waals surface area contributed by atoms with E-state index in [0.29, 0.717) is 0 Å².